The van der Waals surface area contributed by atoms with Crippen LogP contribution in [0.3, 0.4) is 0 Å². The molecular weight excluding hydrogens is 356 g/mol. The Balaban J connectivity index is 2.10. The number of aromatic nitrogens is 2. The molecule has 7 heteroatoms. The quantitative estimate of drug-likeness (QED) is 0.837. The molecule has 0 aliphatic carbocycles. The lowest BCUT2D eigenvalue weighted by Crippen LogP contribution is -2.15. The van der Waals surface area contributed by atoms with Crippen LogP contribution in [0.5, 0.6) is 0 Å². The van der Waals surface area contributed by atoms with E-state index < -0.39 is 0 Å². The standard InChI is InChI=1S/C14H14BrClN4O/c1-2-5-18-13-8-17-7-12(20-13)14(21)19-9-3-4-10(15)11(16)6-9/h3-4,6-8H,2,5H2,1H3,(H,18,20)(H,19,21). The van der Waals surface area contributed by atoms with E-state index in [0.717, 1.165) is 17.4 Å². The summed E-state index contributed by atoms with van der Waals surface area (Å²) in [5.41, 5.74) is 0.845. The largest absolute Gasteiger partial charge is 0.369 e. The van der Waals surface area contributed by atoms with E-state index in [-0.39, 0.29) is 11.6 Å². The first-order valence-electron chi connectivity index (χ1n) is 6.42. The van der Waals surface area contributed by atoms with Gasteiger partial charge in [0.05, 0.1) is 17.4 Å². The van der Waals surface area contributed by atoms with Crippen LogP contribution in [0.25, 0.3) is 0 Å². The summed E-state index contributed by atoms with van der Waals surface area (Å²) in [5, 5.41) is 6.35. The molecule has 0 aliphatic rings. The molecule has 0 bridgehead atoms. The third-order valence-electron chi connectivity index (χ3n) is 2.60. The molecular formula is C14H14BrClN4O. The van der Waals surface area contributed by atoms with E-state index in [1.165, 1.54) is 6.20 Å². The molecule has 0 fully saturated rings. The maximum atomic E-state index is 12.1. The molecule has 0 atom stereocenters. The Morgan fingerprint density at radius 2 is 2.19 bits per heavy atom. The van der Waals surface area contributed by atoms with Gasteiger partial charge in [-0.25, -0.2) is 4.98 Å². The van der Waals surface area contributed by atoms with E-state index in [1.807, 2.05) is 6.92 Å². The summed E-state index contributed by atoms with van der Waals surface area (Å²) in [5.74, 6) is 0.249. The van der Waals surface area contributed by atoms with Crippen LogP contribution in [0.4, 0.5) is 11.5 Å². The Hall–Kier alpha value is -1.66. The molecule has 0 unspecified atom stereocenters. The second-order valence-corrected chi connectivity index (χ2v) is 5.56. The van der Waals surface area contributed by atoms with Crippen molar-refractivity contribution in [2.75, 3.05) is 17.2 Å². The molecule has 1 aromatic carbocycles. The molecule has 2 rings (SSSR count). The Kier molecular flexibility index (Phi) is 5.52. The monoisotopic (exact) mass is 368 g/mol. The molecule has 0 aliphatic heterocycles. The Labute approximate surface area is 136 Å². The maximum absolute atomic E-state index is 12.1. The fraction of sp³-hybridized carbons (Fsp3) is 0.214. The third-order valence-corrected chi connectivity index (χ3v) is 3.83. The number of hydrogen-bond acceptors (Lipinski definition) is 4. The van der Waals surface area contributed by atoms with Crippen molar-refractivity contribution < 1.29 is 4.79 Å². The summed E-state index contributed by atoms with van der Waals surface area (Å²) in [7, 11) is 0. The number of amides is 1. The first-order chi connectivity index (χ1) is 10.1. The lowest BCUT2D eigenvalue weighted by molar-refractivity contribution is 0.102. The summed E-state index contributed by atoms with van der Waals surface area (Å²) >= 11 is 9.29. The maximum Gasteiger partial charge on any atom is 0.275 e. The normalized spacial score (nSPS) is 10.2. The van der Waals surface area contributed by atoms with Crippen molar-refractivity contribution in [2.24, 2.45) is 0 Å². The van der Waals surface area contributed by atoms with Crippen molar-refractivity contribution in [3.8, 4) is 0 Å². The predicted octanol–water partition coefficient (Wildman–Crippen LogP) is 3.97. The minimum absolute atomic E-state index is 0.246. The van der Waals surface area contributed by atoms with Gasteiger partial charge in [0.15, 0.2) is 0 Å². The first kappa shape index (κ1) is 15.7. The first-order valence-corrected chi connectivity index (χ1v) is 7.59. The van der Waals surface area contributed by atoms with Gasteiger partial charge in [-0.3, -0.25) is 9.78 Å². The Morgan fingerprint density at radius 3 is 2.90 bits per heavy atom. The van der Waals surface area contributed by atoms with E-state index >= 15 is 0 Å². The smallest absolute Gasteiger partial charge is 0.275 e. The number of nitrogens with zero attached hydrogens (tertiary/aromatic N) is 2. The van der Waals surface area contributed by atoms with Crippen molar-refractivity contribution in [3.63, 3.8) is 0 Å². The van der Waals surface area contributed by atoms with Crippen LogP contribution in [0, 0.1) is 0 Å². The summed E-state index contributed by atoms with van der Waals surface area (Å²) < 4.78 is 0.771. The average molecular weight is 370 g/mol. The number of halogens is 2. The Morgan fingerprint density at radius 1 is 1.38 bits per heavy atom. The number of anilines is 2. The number of carbonyl (C=O) groups is 1. The highest BCUT2D eigenvalue weighted by atomic mass is 79.9. The van der Waals surface area contributed by atoms with Crippen LogP contribution < -0.4 is 10.6 Å². The summed E-state index contributed by atoms with van der Waals surface area (Å²) in [6.07, 6.45) is 3.98. The van der Waals surface area contributed by atoms with Gasteiger partial charge in [0, 0.05) is 16.7 Å². The number of carbonyl (C=O) groups excluding carboxylic acids is 1. The highest BCUT2D eigenvalue weighted by Gasteiger charge is 2.10. The number of benzene rings is 1. The molecule has 0 radical (unpaired) electrons. The fourth-order valence-corrected chi connectivity index (χ4v) is 2.01. The minimum Gasteiger partial charge on any atom is -0.369 e. The van der Waals surface area contributed by atoms with Gasteiger partial charge < -0.3 is 10.6 Å². The molecule has 5 nitrogen and oxygen atoms in total. The third kappa shape index (κ3) is 4.41. The molecule has 0 saturated heterocycles. The minimum atomic E-state index is -0.332. The van der Waals surface area contributed by atoms with Crippen LogP contribution in [0.2, 0.25) is 5.02 Å². The number of hydrogen-bond donors (Lipinski definition) is 2. The van der Waals surface area contributed by atoms with Crippen molar-refractivity contribution in [3.05, 3.63) is 45.8 Å². The molecule has 1 amide bonds. The highest BCUT2D eigenvalue weighted by molar-refractivity contribution is 9.10. The summed E-state index contributed by atoms with van der Waals surface area (Å²) in [6, 6.07) is 5.18. The van der Waals surface area contributed by atoms with Crippen molar-refractivity contribution in [1.29, 1.82) is 0 Å². The van der Waals surface area contributed by atoms with Crippen molar-refractivity contribution >= 4 is 44.9 Å². The highest BCUT2D eigenvalue weighted by Crippen LogP contribution is 2.25. The molecule has 2 aromatic rings. The van der Waals surface area contributed by atoms with Crippen molar-refractivity contribution in [1.82, 2.24) is 9.97 Å². The fourth-order valence-electron chi connectivity index (χ4n) is 1.58. The van der Waals surface area contributed by atoms with Gasteiger partial charge in [0.2, 0.25) is 0 Å². The predicted molar refractivity (Wildman–Crippen MR) is 87.9 cm³/mol. The van der Waals surface area contributed by atoms with Crippen LogP contribution in [-0.2, 0) is 0 Å². The van der Waals surface area contributed by atoms with Gasteiger partial charge in [-0.2, -0.15) is 0 Å². The Bertz CT molecular complexity index is 651. The van der Waals surface area contributed by atoms with Crippen LogP contribution in [0.15, 0.2) is 35.1 Å². The van der Waals surface area contributed by atoms with E-state index in [1.54, 1.807) is 24.4 Å². The lowest BCUT2D eigenvalue weighted by Gasteiger charge is -2.07. The van der Waals surface area contributed by atoms with Gasteiger partial charge in [-0.1, -0.05) is 18.5 Å². The summed E-state index contributed by atoms with van der Waals surface area (Å²) in [4.78, 5) is 20.4. The molecule has 0 spiro atoms. The average Bonchev–Trinajstić information content (AvgIpc) is 2.49. The zero-order valence-corrected chi connectivity index (χ0v) is 13.7. The lowest BCUT2D eigenvalue weighted by atomic mass is 10.3. The van der Waals surface area contributed by atoms with Crippen LogP contribution in [0.1, 0.15) is 23.8 Å². The van der Waals surface area contributed by atoms with Crippen molar-refractivity contribution in [2.45, 2.75) is 13.3 Å². The van der Waals surface area contributed by atoms with E-state index in [9.17, 15) is 4.79 Å². The van der Waals surface area contributed by atoms with Gasteiger partial charge >= 0.3 is 0 Å². The summed E-state index contributed by atoms with van der Waals surface area (Å²) in [6.45, 7) is 2.83. The molecule has 1 heterocycles. The van der Waals surface area contributed by atoms with E-state index in [4.69, 9.17) is 11.6 Å². The molecule has 0 saturated carbocycles. The molecule has 110 valence electrons. The zero-order chi connectivity index (χ0) is 15.2. The van der Waals surface area contributed by atoms with Gasteiger partial charge in [0.25, 0.3) is 5.91 Å². The number of rotatable bonds is 5. The molecule has 2 N–H and O–H groups in total. The van der Waals surface area contributed by atoms with E-state index in [0.29, 0.717) is 16.5 Å². The van der Waals surface area contributed by atoms with E-state index in [2.05, 4.69) is 36.5 Å². The molecule has 1 aromatic heterocycles. The molecule has 21 heavy (non-hydrogen) atoms. The van der Waals surface area contributed by atoms with Crippen LogP contribution >= 0.6 is 27.5 Å². The SMILES string of the molecule is CCCNc1cncc(C(=O)Nc2ccc(Br)c(Cl)c2)n1. The van der Waals surface area contributed by atoms with Gasteiger partial charge in [-0.15, -0.1) is 0 Å². The van der Waals surface area contributed by atoms with Gasteiger partial charge in [0.1, 0.15) is 11.5 Å². The number of nitrogens with one attached hydrogen (secondary N) is 2. The van der Waals surface area contributed by atoms with Crippen LogP contribution in [-0.4, -0.2) is 22.4 Å². The second kappa shape index (κ2) is 7.38. The zero-order valence-electron chi connectivity index (χ0n) is 11.4. The van der Waals surface area contributed by atoms with Gasteiger partial charge in [-0.05, 0) is 40.5 Å². The topological polar surface area (TPSA) is 66.9 Å². The second-order valence-electron chi connectivity index (χ2n) is 4.30.